The molecule has 0 atom stereocenters. The number of hydrogen-bond acceptors (Lipinski definition) is 5. The molecule has 88 valence electrons. The number of carbonyl (C=O) groups excluding carboxylic acids is 1. The highest BCUT2D eigenvalue weighted by molar-refractivity contribution is 5.95. The zero-order chi connectivity index (χ0) is 13.0. The topological polar surface area (TPSA) is 102 Å². The lowest BCUT2D eigenvalue weighted by atomic mass is 10.1. The number of rotatable bonds is 3. The first-order valence-electron chi connectivity index (χ1n) is 4.98. The molecular weight excluding hydrogens is 232 g/mol. The zero-order valence-electron chi connectivity index (χ0n) is 9.20. The third-order valence-corrected chi connectivity index (χ3v) is 2.15. The second-order valence-electron chi connectivity index (χ2n) is 3.34. The number of benzene rings is 1. The Kier molecular flexibility index (Phi) is 3.16. The zero-order valence-corrected chi connectivity index (χ0v) is 9.20. The van der Waals surface area contributed by atoms with Crippen molar-refractivity contribution in [3.05, 3.63) is 47.9 Å². The van der Waals surface area contributed by atoms with Gasteiger partial charge in [-0.2, -0.15) is 5.26 Å². The van der Waals surface area contributed by atoms with Gasteiger partial charge in [-0.3, -0.25) is 4.79 Å². The third-order valence-electron chi connectivity index (χ3n) is 2.15. The van der Waals surface area contributed by atoms with Crippen LogP contribution in [0, 0.1) is 11.3 Å². The van der Waals surface area contributed by atoms with Crippen LogP contribution in [0.25, 0.3) is 0 Å². The lowest BCUT2D eigenvalue weighted by Crippen LogP contribution is -2.12. The van der Waals surface area contributed by atoms with Crippen LogP contribution in [0.3, 0.4) is 0 Å². The molecule has 0 aliphatic rings. The van der Waals surface area contributed by atoms with E-state index < -0.39 is 5.91 Å². The van der Waals surface area contributed by atoms with E-state index in [9.17, 15) is 4.79 Å². The minimum atomic E-state index is -0.636. The first kappa shape index (κ1) is 11.5. The Morgan fingerprint density at radius 3 is 2.83 bits per heavy atom. The molecule has 2 N–H and O–H groups in total. The second-order valence-corrected chi connectivity index (χ2v) is 3.34. The molecule has 1 heterocycles. The van der Waals surface area contributed by atoms with Gasteiger partial charge in [0.25, 0.3) is 5.91 Å². The van der Waals surface area contributed by atoms with Crippen molar-refractivity contribution < 1.29 is 9.53 Å². The number of nitrogens with two attached hydrogens (primary N) is 1. The average Bonchev–Trinajstić information content (AvgIpc) is 2.39. The fourth-order valence-corrected chi connectivity index (χ4v) is 1.33. The third kappa shape index (κ3) is 2.41. The van der Waals surface area contributed by atoms with Gasteiger partial charge in [-0.15, -0.1) is 0 Å². The summed E-state index contributed by atoms with van der Waals surface area (Å²) in [5.74, 6) is -0.175. The molecule has 18 heavy (non-hydrogen) atoms. The van der Waals surface area contributed by atoms with Crippen LogP contribution in [0.5, 0.6) is 11.6 Å². The highest BCUT2D eigenvalue weighted by Crippen LogP contribution is 2.24. The average molecular weight is 240 g/mol. The Morgan fingerprint density at radius 2 is 2.22 bits per heavy atom. The maximum atomic E-state index is 11.2. The Labute approximate surface area is 103 Å². The van der Waals surface area contributed by atoms with Crippen molar-refractivity contribution in [3.8, 4) is 17.7 Å². The molecule has 0 radical (unpaired) electrons. The molecule has 6 heteroatoms. The lowest BCUT2D eigenvalue weighted by molar-refractivity contribution is 0.0998. The van der Waals surface area contributed by atoms with E-state index in [0.717, 1.165) is 0 Å². The number of hydrogen-bond donors (Lipinski definition) is 1. The molecule has 2 aromatic rings. The number of aromatic nitrogens is 2. The van der Waals surface area contributed by atoms with Crippen molar-refractivity contribution in [3.63, 3.8) is 0 Å². The quantitative estimate of drug-likeness (QED) is 0.869. The van der Waals surface area contributed by atoms with Crippen LogP contribution in [0.15, 0.2) is 36.8 Å². The number of primary amides is 1. The Morgan fingerprint density at radius 1 is 1.39 bits per heavy atom. The highest BCUT2D eigenvalue weighted by atomic mass is 16.5. The lowest BCUT2D eigenvalue weighted by Gasteiger charge is -2.08. The second kappa shape index (κ2) is 4.93. The predicted octanol–water partition coefficient (Wildman–Crippen LogP) is 1.24. The van der Waals surface area contributed by atoms with Crippen LogP contribution < -0.4 is 10.5 Å². The van der Waals surface area contributed by atoms with E-state index in [1.54, 1.807) is 0 Å². The van der Waals surface area contributed by atoms with Crippen molar-refractivity contribution in [2.75, 3.05) is 0 Å². The van der Waals surface area contributed by atoms with E-state index >= 15 is 0 Å². The van der Waals surface area contributed by atoms with Gasteiger partial charge in [0.15, 0.2) is 0 Å². The first-order valence-corrected chi connectivity index (χ1v) is 4.98. The van der Waals surface area contributed by atoms with Crippen molar-refractivity contribution in [1.82, 2.24) is 9.97 Å². The highest BCUT2D eigenvalue weighted by Gasteiger charge is 2.11. The van der Waals surface area contributed by atoms with Crippen LogP contribution in [0.1, 0.15) is 15.9 Å². The normalized spacial score (nSPS) is 9.50. The molecule has 0 spiro atoms. The van der Waals surface area contributed by atoms with E-state index in [2.05, 4.69) is 9.97 Å². The largest absolute Gasteiger partial charge is 0.438 e. The van der Waals surface area contributed by atoms with Crippen molar-refractivity contribution >= 4 is 5.91 Å². The molecule has 0 aliphatic heterocycles. The summed E-state index contributed by atoms with van der Waals surface area (Å²) in [7, 11) is 0. The molecule has 2 rings (SSSR count). The minimum absolute atomic E-state index is 0.188. The number of nitriles is 1. The summed E-state index contributed by atoms with van der Waals surface area (Å²) < 4.78 is 5.41. The first-order chi connectivity index (χ1) is 8.70. The monoisotopic (exact) mass is 240 g/mol. The maximum Gasteiger partial charge on any atom is 0.252 e. The summed E-state index contributed by atoms with van der Waals surface area (Å²) in [6.07, 6.45) is 2.81. The number of amides is 1. The molecule has 0 bridgehead atoms. The van der Waals surface area contributed by atoms with E-state index in [0.29, 0.717) is 5.56 Å². The standard InChI is InChI=1S/C12H8N4O2/c13-6-8-1-2-9(12(14)17)10(5-8)18-11-3-4-15-7-16-11/h1-5,7H,(H2,14,17). The molecule has 0 saturated heterocycles. The van der Waals surface area contributed by atoms with E-state index in [1.165, 1.54) is 36.8 Å². The maximum absolute atomic E-state index is 11.2. The van der Waals surface area contributed by atoms with Gasteiger partial charge in [-0.05, 0) is 18.2 Å². The van der Waals surface area contributed by atoms with Crippen molar-refractivity contribution in [1.29, 1.82) is 5.26 Å². The summed E-state index contributed by atoms with van der Waals surface area (Å²) in [6.45, 7) is 0. The molecule has 6 nitrogen and oxygen atoms in total. The van der Waals surface area contributed by atoms with Gasteiger partial charge in [-0.1, -0.05) is 0 Å². The van der Waals surface area contributed by atoms with Crippen molar-refractivity contribution in [2.24, 2.45) is 5.73 Å². The summed E-state index contributed by atoms with van der Waals surface area (Å²) >= 11 is 0. The fourth-order valence-electron chi connectivity index (χ4n) is 1.33. The van der Waals surface area contributed by atoms with Gasteiger partial charge >= 0.3 is 0 Å². The Hall–Kier alpha value is -2.94. The minimum Gasteiger partial charge on any atom is -0.438 e. The Bertz CT molecular complexity index is 620. The van der Waals surface area contributed by atoms with Crippen LogP contribution in [0.4, 0.5) is 0 Å². The molecular formula is C12H8N4O2. The molecule has 0 unspecified atom stereocenters. The van der Waals surface area contributed by atoms with Crippen LogP contribution in [-0.2, 0) is 0 Å². The van der Waals surface area contributed by atoms with Gasteiger partial charge < -0.3 is 10.5 Å². The van der Waals surface area contributed by atoms with Crippen LogP contribution >= 0.6 is 0 Å². The van der Waals surface area contributed by atoms with Crippen LogP contribution in [-0.4, -0.2) is 15.9 Å². The molecule has 0 fully saturated rings. The fraction of sp³-hybridized carbons (Fsp3) is 0. The smallest absolute Gasteiger partial charge is 0.252 e. The van der Waals surface area contributed by atoms with E-state index in [1.807, 2.05) is 6.07 Å². The van der Waals surface area contributed by atoms with Gasteiger partial charge in [-0.25, -0.2) is 9.97 Å². The summed E-state index contributed by atoms with van der Waals surface area (Å²) in [6, 6.07) is 7.85. The molecule has 0 aliphatic carbocycles. The van der Waals surface area contributed by atoms with Crippen molar-refractivity contribution in [2.45, 2.75) is 0 Å². The molecule has 1 amide bonds. The van der Waals surface area contributed by atoms with E-state index in [4.69, 9.17) is 15.7 Å². The molecule has 1 aromatic heterocycles. The number of nitrogens with zero attached hydrogens (tertiary/aromatic N) is 3. The Balaban J connectivity index is 2.42. The van der Waals surface area contributed by atoms with Gasteiger partial charge in [0, 0.05) is 12.3 Å². The summed E-state index contributed by atoms with van der Waals surface area (Å²) in [5, 5.41) is 8.81. The van der Waals surface area contributed by atoms with E-state index in [-0.39, 0.29) is 17.2 Å². The summed E-state index contributed by atoms with van der Waals surface area (Å²) in [5.41, 5.74) is 5.78. The molecule has 0 saturated carbocycles. The van der Waals surface area contributed by atoms with Gasteiger partial charge in [0.05, 0.1) is 17.2 Å². The van der Waals surface area contributed by atoms with Gasteiger partial charge in [0.1, 0.15) is 12.1 Å². The van der Waals surface area contributed by atoms with Crippen LogP contribution in [0.2, 0.25) is 0 Å². The number of carbonyl (C=O) groups is 1. The molecule has 1 aromatic carbocycles. The van der Waals surface area contributed by atoms with Gasteiger partial charge in [0.2, 0.25) is 5.88 Å². The SMILES string of the molecule is N#Cc1ccc(C(N)=O)c(Oc2ccncn2)c1. The summed E-state index contributed by atoms with van der Waals surface area (Å²) in [4.78, 5) is 18.8. The number of ether oxygens (including phenoxy) is 1. The predicted molar refractivity (Wildman–Crippen MR) is 61.8 cm³/mol.